The molecule has 1 aliphatic rings. The number of hydrogen-bond acceptors (Lipinski definition) is 5. The molecule has 1 saturated heterocycles. The van der Waals surface area contributed by atoms with E-state index < -0.39 is 18.5 Å². The maximum absolute atomic E-state index is 11.0. The monoisotopic (exact) mass is 609 g/mol. The molecule has 0 saturated carbocycles. The summed E-state index contributed by atoms with van der Waals surface area (Å²) in [5.41, 5.74) is 0. The minimum atomic E-state index is -0.743. The Morgan fingerprint density at radius 1 is 1.62 bits per heavy atom. The summed E-state index contributed by atoms with van der Waals surface area (Å²) in [4.78, 5) is 12.5. The van der Waals surface area contributed by atoms with Crippen LogP contribution < -0.4 is 0 Å². The van der Waals surface area contributed by atoms with E-state index in [1.54, 1.807) is 18.9 Å². The Bertz CT molecular complexity index is 248. The molecule has 1 rings (SSSR count). The van der Waals surface area contributed by atoms with Crippen LogP contribution in [0.4, 0.5) is 0 Å². The predicted octanol–water partition coefficient (Wildman–Crippen LogP) is 2.37. The quantitative estimate of drug-likeness (QED) is 0.488. The van der Waals surface area contributed by atoms with E-state index in [1.807, 2.05) is 0 Å². The van der Waals surface area contributed by atoms with Gasteiger partial charge in [-0.3, -0.25) is 4.90 Å². The predicted molar refractivity (Wildman–Crippen MR) is 82.6 cm³/mol. The first-order chi connectivity index (χ1) is 7.84. The Morgan fingerprint density at radius 3 is 2.44 bits per heavy atom. The Hall–Kier alpha value is 2.12. The molecule has 0 bridgehead atoms. The van der Waals surface area contributed by atoms with Crippen molar-refractivity contribution in [3.8, 4) is 0 Å². The van der Waals surface area contributed by atoms with E-state index in [9.17, 15) is 4.79 Å². The van der Waals surface area contributed by atoms with Gasteiger partial charge in [0.25, 0.3) is 1.43 Å². The molecule has 0 spiro atoms. The molecule has 16 heavy (non-hydrogen) atoms. The SMILES string of the molecule is [3H]OC(=O)C1OC(OC)N(C)C1C.[I][V]([I])[I]. The van der Waals surface area contributed by atoms with Crippen LogP contribution in [0.15, 0.2) is 0 Å². The van der Waals surface area contributed by atoms with Gasteiger partial charge in [-0.05, 0) is 14.0 Å². The third kappa shape index (κ3) is 6.34. The van der Waals surface area contributed by atoms with Gasteiger partial charge in [-0.1, -0.05) is 0 Å². The van der Waals surface area contributed by atoms with Crippen LogP contribution in [0.25, 0.3) is 1.43 Å². The average Bonchev–Trinajstić information content (AvgIpc) is 2.54. The second-order valence-corrected chi connectivity index (χ2v) is 38.4. The second kappa shape index (κ2) is 9.10. The molecule has 1 aliphatic heterocycles. The van der Waals surface area contributed by atoms with Crippen LogP contribution in [-0.2, 0) is 19.2 Å². The van der Waals surface area contributed by atoms with Crippen molar-refractivity contribution in [2.24, 2.45) is 0 Å². The fourth-order valence-electron chi connectivity index (χ4n) is 1.21. The Kier molecular flexibility index (Phi) is 9.20. The van der Waals surface area contributed by atoms with Gasteiger partial charge >= 0.3 is 70.8 Å². The molecule has 1 fully saturated rings. The van der Waals surface area contributed by atoms with Crippen LogP contribution >= 0.6 is 59.9 Å². The van der Waals surface area contributed by atoms with Crippen molar-refractivity contribution in [3.63, 3.8) is 0 Å². The Morgan fingerprint density at radius 2 is 2.12 bits per heavy atom. The molecule has 1 N–H and O–H groups in total. The van der Waals surface area contributed by atoms with E-state index in [1.165, 1.54) is 7.11 Å². The molecule has 0 aromatic heterocycles. The fourth-order valence-corrected chi connectivity index (χ4v) is 1.21. The van der Waals surface area contributed by atoms with E-state index >= 15 is 0 Å². The summed E-state index contributed by atoms with van der Waals surface area (Å²) in [5, 5.41) is 3.85. The van der Waals surface area contributed by atoms with E-state index in [0.29, 0.717) is 0 Å². The molecule has 0 aromatic carbocycles. The molecule has 3 atom stereocenters. The number of halogens is 3. The number of hydrogen-bond donors (Lipinski definition) is 1. The summed E-state index contributed by atoms with van der Waals surface area (Å²) >= 11 is 7.39. The average molecular weight is 609 g/mol. The molecule has 0 radical (unpaired) electrons. The molecular weight excluding hydrogens is 594 g/mol. The third-order valence-electron chi connectivity index (χ3n) is 2.11. The summed E-state index contributed by atoms with van der Waals surface area (Å²) in [6, 6.07) is -0.150. The van der Waals surface area contributed by atoms with Gasteiger partial charge in [0.15, 0.2) is 6.10 Å². The van der Waals surface area contributed by atoms with E-state index in [0.717, 1.165) is 0 Å². The van der Waals surface area contributed by atoms with Crippen LogP contribution in [0.3, 0.4) is 0 Å². The van der Waals surface area contributed by atoms with Crippen LogP contribution in [0.2, 0.25) is 0 Å². The number of methoxy groups -OCH3 is 1. The number of rotatable bonds is 2. The van der Waals surface area contributed by atoms with Gasteiger partial charge in [0.1, 0.15) is 0 Å². The normalized spacial score (nSPS) is 30.7. The number of likely N-dealkylation sites (N-methyl/N-ethyl adjacent to an activating group) is 1. The number of nitrogens with zero attached hydrogens (tertiary/aromatic N) is 1. The van der Waals surface area contributed by atoms with Gasteiger partial charge in [-0.25, -0.2) is 4.79 Å². The fraction of sp³-hybridized carbons (Fsp3) is 0.857. The first kappa shape index (κ1) is 16.2. The van der Waals surface area contributed by atoms with Crippen molar-refractivity contribution in [3.05, 3.63) is 0 Å². The summed E-state index contributed by atoms with van der Waals surface area (Å²) < 4.78 is 16.6. The summed E-state index contributed by atoms with van der Waals surface area (Å²) in [6.07, 6.45) is -1.29. The van der Waals surface area contributed by atoms with Gasteiger partial charge < -0.3 is 14.6 Å². The van der Waals surface area contributed by atoms with E-state index in [4.69, 9.17) is 10.9 Å². The maximum atomic E-state index is 11.0. The molecule has 3 unspecified atom stereocenters. The van der Waals surface area contributed by atoms with Gasteiger partial charge in [0.05, 0.1) is 0 Å². The van der Waals surface area contributed by atoms with Crippen molar-refractivity contribution in [2.45, 2.75) is 25.5 Å². The first-order valence-electron chi connectivity index (χ1n) is 4.60. The first-order valence-corrected chi connectivity index (χ1v) is 17.7. The molecule has 5 nitrogen and oxygen atoms in total. The van der Waals surface area contributed by atoms with Gasteiger partial charge in [0, 0.05) is 13.2 Å². The third-order valence-corrected chi connectivity index (χ3v) is 2.11. The van der Waals surface area contributed by atoms with Gasteiger partial charge in [0.2, 0.25) is 6.41 Å². The topological polar surface area (TPSA) is 59.0 Å². The van der Waals surface area contributed by atoms with Crippen molar-refractivity contribution in [2.75, 3.05) is 14.2 Å². The van der Waals surface area contributed by atoms with E-state index in [-0.39, 0.29) is 11.0 Å². The standard InChI is InChI=1S/C7H13NO4.3HI.V/c1-4-5(6(9)10)12-7(11-3)8(4)2;;;;/h4-5,7H,1-3H3,(H,9,10);3*1H;/q;;;;+3/p-3/i/hT. The van der Waals surface area contributed by atoms with Crippen LogP contribution in [0.5, 0.6) is 0 Å². The molecule has 0 aliphatic carbocycles. The molecular formula is C7H13I3NO4V. The Balaban J connectivity index is 0.000000557. The van der Waals surface area contributed by atoms with Crippen molar-refractivity contribution in [1.29, 1.82) is 1.43 Å². The molecule has 0 amide bonds. The summed E-state index contributed by atoms with van der Waals surface area (Å²) in [5.74, 6) is -0.695. The number of ether oxygens (including phenoxy) is 2. The molecule has 1 heterocycles. The summed E-state index contributed by atoms with van der Waals surface area (Å²) in [7, 11) is 3.26. The number of carboxylic acids is 1. The number of aliphatic carboxylic acids is 1. The van der Waals surface area contributed by atoms with Crippen LogP contribution in [0.1, 0.15) is 6.92 Å². The van der Waals surface area contributed by atoms with Crippen molar-refractivity contribution < 1.29 is 24.3 Å². The van der Waals surface area contributed by atoms with Crippen LogP contribution in [-0.4, -0.2) is 48.7 Å². The number of carboxylic acid groups (broad SMARTS) is 1. The molecule has 9 heteroatoms. The van der Waals surface area contributed by atoms with Crippen molar-refractivity contribution >= 4 is 65.9 Å². The molecule has 96 valence electrons. The van der Waals surface area contributed by atoms with Crippen molar-refractivity contribution in [1.82, 2.24) is 4.90 Å². The van der Waals surface area contributed by atoms with Gasteiger partial charge in [-0.2, -0.15) is 0 Å². The summed E-state index contributed by atoms with van der Waals surface area (Å²) in [6.45, 7) is 1.81. The minimum absolute atomic E-state index is 0.150. The number of carbonyl (C=O) groups is 1. The van der Waals surface area contributed by atoms with Gasteiger partial charge in [-0.15, -0.1) is 0 Å². The zero-order valence-corrected chi connectivity index (χ0v) is 16.8. The molecule has 0 aromatic rings. The van der Waals surface area contributed by atoms with E-state index in [2.05, 4.69) is 65.0 Å². The second-order valence-electron chi connectivity index (χ2n) is 3.02. The zero-order valence-electron chi connectivity index (χ0n) is 9.89. The Labute approximate surface area is 134 Å². The zero-order chi connectivity index (χ0) is 13.6. The van der Waals surface area contributed by atoms with Crippen LogP contribution in [0, 0.1) is 0 Å².